The first-order valence-corrected chi connectivity index (χ1v) is 11.7. The third kappa shape index (κ3) is 3.40. The van der Waals surface area contributed by atoms with Gasteiger partial charge in [0.1, 0.15) is 16.5 Å². The fourth-order valence-corrected chi connectivity index (χ4v) is 5.90. The van der Waals surface area contributed by atoms with E-state index in [0.717, 1.165) is 57.1 Å². The molecule has 1 saturated heterocycles. The number of nitrogens with zero attached hydrogens (tertiary/aromatic N) is 3. The fraction of sp³-hybridized carbons (Fsp3) is 0.250. The molecule has 5 rings (SSSR count). The lowest BCUT2D eigenvalue weighted by molar-refractivity contribution is 0.0706. The predicted octanol–water partition coefficient (Wildman–Crippen LogP) is 5.53. The van der Waals surface area contributed by atoms with Gasteiger partial charge in [0.05, 0.1) is 15.9 Å². The summed E-state index contributed by atoms with van der Waals surface area (Å²) in [5, 5.41) is 4.80. The van der Waals surface area contributed by atoms with Crippen LogP contribution in [0, 0.1) is 0 Å². The first-order valence-electron chi connectivity index (χ1n) is 9.11. The molecule has 1 aliphatic heterocycles. The Morgan fingerprint density at radius 2 is 1.96 bits per heavy atom. The SMILES string of the molecule is O=C(c1csc(-c2cc(Br)cs2)n1)N1CCC(c2nc3ccccc3[nH]2)CC1. The van der Waals surface area contributed by atoms with Crippen molar-refractivity contribution in [2.75, 3.05) is 13.1 Å². The number of fused-ring (bicyclic) bond motifs is 1. The summed E-state index contributed by atoms with van der Waals surface area (Å²) in [5.74, 6) is 1.43. The van der Waals surface area contributed by atoms with Gasteiger partial charge in [0, 0.05) is 34.2 Å². The summed E-state index contributed by atoms with van der Waals surface area (Å²) in [4.78, 5) is 28.6. The lowest BCUT2D eigenvalue weighted by Crippen LogP contribution is -2.38. The van der Waals surface area contributed by atoms with E-state index in [-0.39, 0.29) is 5.91 Å². The van der Waals surface area contributed by atoms with Crippen molar-refractivity contribution in [3.8, 4) is 9.88 Å². The molecule has 28 heavy (non-hydrogen) atoms. The lowest BCUT2D eigenvalue weighted by atomic mass is 9.96. The van der Waals surface area contributed by atoms with Crippen molar-refractivity contribution in [1.29, 1.82) is 0 Å². The first kappa shape index (κ1) is 18.0. The van der Waals surface area contributed by atoms with Gasteiger partial charge in [0.25, 0.3) is 5.91 Å². The topological polar surface area (TPSA) is 61.9 Å². The van der Waals surface area contributed by atoms with E-state index in [4.69, 9.17) is 4.98 Å². The summed E-state index contributed by atoms with van der Waals surface area (Å²) in [6, 6.07) is 10.1. The molecule has 0 bridgehead atoms. The second-order valence-corrected chi connectivity index (χ2v) is 9.56. The highest BCUT2D eigenvalue weighted by molar-refractivity contribution is 9.10. The molecule has 0 aliphatic carbocycles. The Bertz CT molecular complexity index is 1110. The van der Waals surface area contributed by atoms with Crippen LogP contribution < -0.4 is 0 Å². The van der Waals surface area contributed by atoms with Gasteiger partial charge in [0.2, 0.25) is 0 Å². The Balaban J connectivity index is 1.26. The largest absolute Gasteiger partial charge is 0.342 e. The highest BCUT2D eigenvalue weighted by atomic mass is 79.9. The molecule has 1 aromatic carbocycles. The number of aromatic amines is 1. The van der Waals surface area contributed by atoms with Crippen LogP contribution in [0.4, 0.5) is 0 Å². The molecule has 0 spiro atoms. The number of aromatic nitrogens is 3. The van der Waals surface area contributed by atoms with Crippen molar-refractivity contribution in [2.45, 2.75) is 18.8 Å². The van der Waals surface area contributed by atoms with Crippen molar-refractivity contribution in [1.82, 2.24) is 19.9 Å². The van der Waals surface area contributed by atoms with Gasteiger partial charge in [-0.3, -0.25) is 4.79 Å². The summed E-state index contributed by atoms with van der Waals surface area (Å²) in [5.41, 5.74) is 2.63. The van der Waals surface area contributed by atoms with Crippen LogP contribution in [-0.4, -0.2) is 38.8 Å². The smallest absolute Gasteiger partial charge is 0.273 e. The van der Waals surface area contributed by atoms with Crippen LogP contribution >= 0.6 is 38.6 Å². The van der Waals surface area contributed by atoms with E-state index in [1.807, 2.05) is 39.9 Å². The number of H-pyrrole nitrogens is 1. The molecule has 1 amide bonds. The Kier molecular flexibility index (Phi) is 4.78. The second kappa shape index (κ2) is 7.42. The minimum absolute atomic E-state index is 0.0289. The van der Waals surface area contributed by atoms with E-state index < -0.39 is 0 Å². The standard InChI is InChI=1S/C20H17BrN4OS2/c21-13-9-17(27-10-13)19-24-16(11-28-19)20(26)25-7-5-12(6-8-25)18-22-14-3-1-2-4-15(14)23-18/h1-4,9-12H,5-8H2,(H,22,23). The zero-order chi connectivity index (χ0) is 19.1. The Morgan fingerprint density at radius 1 is 1.14 bits per heavy atom. The normalized spacial score (nSPS) is 15.4. The van der Waals surface area contributed by atoms with Gasteiger partial charge in [0.15, 0.2) is 0 Å². The number of para-hydroxylation sites is 2. The minimum Gasteiger partial charge on any atom is -0.342 e. The third-order valence-corrected chi connectivity index (χ3v) is 7.78. The molecular weight excluding hydrogens is 456 g/mol. The van der Waals surface area contributed by atoms with Crippen LogP contribution in [0.3, 0.4) is 0 Å². The summed E-state index contributed by atoms with van der Waals surface area (Å²) in [6.45, 7) is 1.47. The van der Waals surface area contributed by atoms with E-state index >= 15 is 0 Å². The van der Waals surface area contributed by atoms with Gasteiger partial charge < -0.3 is 9.88 Å². The fourth-order valence-electron chi connectivity index (χ4n) is 3.59. The molecule has 5 nitrogen and oxygen atoms in total. The molecule has 4 aromatic rings. The van der Waals surface area contributed by atoms with Crippen molar-refractivity contribution in [3.63, 3.8) is 0 Å². The molecule has 0 saturated carbocycles. The second-order valence-electron chi connectivity index (χ2n) is 6.87. The monoisotopic (exact) mass is 472 g/mol. The average molecular weight is 473 g/mol. The molecule has 1 N–H and O–H groups in total. The molecule has 142 valence electrons. The zero-order valence-corrected chi connectivity index (χ0v) is 18.1. The van der Waals surface area contributed by atoms with Crippen molar-refractivity contribution >= 4 is 55.5 Å². The third-order valence-electron chi connectivity index (χ3n) is 5.08. The molecule has 0 unspecified atom stereocenters. The van der Waals surface area contributed by atoms with Gasteiger partial charge >= 0.3 is 0 Å². The number of amides is 1. The maximum atomic E-state index is 12.9. The van der Waals surface area contributed by atoms with E-state index in [1.54, 1.807) is 11.3 Å². The van der Waals surface area contributed by atoms with Gasteiger partial charge in [-0.25, -0.2) is 9.97 Å². The van der Waals surface area contributed by atoms with Crippen LogP contribution in [0.1, 0.15) is 35.1 Å². The van der Waals surface area contributed by atoms with Gasteiger partial charge in [-0.05, 0) is 47.0 Å². The number of halogens is 1. The number of carbonyl (C=O) groups is 1. The Hall–Kier alpha value is -2.03. The van der Waals surface area contributed by atoms with Crippen LogP contribution in [-0.2, 0) is 0 Å². The number of hydrogen-bond donors (Lipinski definition) is 1. The van der Waals surface area contributed by atoms with Crippen LogP contribution in [0.5, 0.6) is 0 Å². The number of nitrogens with one attached hydrogen (secondary N) is 1. The summed E-state index contributed by atoms with van der Waals surface area (Å²) < 4.78 is 1.04. The summed E-state index contributed by atoms with van der Waals surface area (Å²) in [6.07, 6.45) is 1.83. The minimum atomic E-state index is 0.0289. The van der Waals surface area contributed by atoms with Gasteiger partial charge in [-0.15, -0.1) is 22.7 Å². The Morgan fingerprint density at radius 3 is 2.71 bits per heavy atom. The van der Waals surface area contributed by atoms with E-state index in [0.29, 0.717) is 11.6 Å². The number of thiophene rings is 1. The van der Waals surface area contributed by atoms with Crippen molar-refractivity contribution in [2.24, 2.45) is 0 Å². The lowest BCUT2D eigenvalue weighted by Gasteiger charge is -2.30. The van der Waals surface area contributed by atoms with Crippen LogP contribution in [0.25, 0.3) is 20.9 Å². The van der Waals surface area contributed by atoms with E-state index in [2.05, 4.69) is 32.0 Å². The maximum absolute atomic E-state index is 12.9. The molecule has 0 radical (unpaired) electrons. The molecular formula is C20H17BrN4OS2. The number of piperidine rings is 1. The van der Waals surface area contributed by atoms with E-state index in [9.17, 15) is 4.79 Å². The molecule has 1 aliphatic rings. The maximum Gasteiger partial charge on any atom is 0.273 e. The number of thiazole rings is 1. The highest BCUT2D eigenvalue weighted by Crippen LogP contribution is 2.33. The molecule has 8 heteroatoms. The van der Waals surface area contributed by atoms with Gasteiger partial charge in [-0.1, -0.05) is 12.1 Å². The zero-order valence-electron chi connectivity index (χ0n) is 14.9. The Labute approximate surface area is 178 Å². The van der Waals surface area contributed by atoms with Crippen LogP contribution in [0.2, 0.25) is 0 Å². The summed E-state index contributed by atoms with van der Waals surface area (Å²) >= 11 is 6.62. The highest BCUT2D eigenvalue weighted by Gasteiger charge is 2.27. The molecule has 4 heterocycles. The quantitative estimate of drug-likeness (QED) is 0.426. The number of benzene rings is 1. The van der Waals surface area contributed by atoms with Gasteiger partial charge in [-0.2, -0.15) is 0 Å². The number of hydrogen-bond acceptors (Lipinski definition) is 5. The van der Waals surface area contributed by atoms with Crippen LogP contribution in [0.15, 0.2) is 45.6 Å². The molecule has 3 aromatic heterocycles. The van der Waals surface area contributed by atoms with E-state index in [1.165, 1.54) is 11.3 Å². The number of likely N-dealkylation sites (tertiary alicyclic amines) is 1. The number of imidazole rings is 1. The summed E-state index contributed by atoms with van der Waals surface area (Å²) in [7, 11) is 0. The number of carbonyl (C=O) groups excluding carboxylic acids is 1. The average Bonchev–Trinajstić information content (AvgIpc) is 3.46. The molecule has 1 fully saturated rings. The number of rotatable bonds is 3. The van der Waals surface area contributed by atoms with Crippen molar-refractivity contribution < 1.29 is 4.79 Å². The predicted molar refractivity (Wildman–Crippen MR) is 117 cm³/mol. The molecule has 0 atom stereocenters. The van der Waals surface area contributed by atoms with Crippen molar-refractivity contribution in [3.05, 3.63) is 57.1 Å². The first-order chi connectivity index (χ1) is 13.7.